The van der Waals surface area contributed by atoms with Crippen LogP contribution in [0.1, 0.15) is 5.56 Å². The van der Waals surface area contributed by atoms with E-state index in [1.165, 1.54) is 24.3 Å². The highest BCUT2D eigenvalue weighted by Gasteiger charge is 2.22. The topological polar surface area (TPSA) is 16.9 Å². The highest BCUT2D eigenvalue weighted by molar-refractivity contribution is 7.81. The van der Waals surface area contributed by atoms with Crippen LogP contribution in [0.25, 0.3) is 0 Å². The van der Waals surface area contributed by atoms with E-state index in [1.807, 2.05) is 18.2 Å². The number of benzene rings is 2. The van der Waals surface area contributed by atoms with Crippen LogP contribution >= 0.6 is 12.6 Å². The molecule has 1 atom stereocenters. The second-order valence-corrected chi connectivity index (χ2v) is 7.16. The van der Waals surface area contributed by atoms with E-state index < -0.39 is 0 Å². The fourth-order valence-electron chi connectivity index (χ4n) is 3.20. The Balaban J connectivity index is 1.35. The molecule has 4 heteroatoms. The Kier molecular flexibility index (Phi) is 6.58. The Morgan fingerprint density at radius 3 is 2.25 bits per heavy atom. The quantitative estimate of drug-likeness (QED) is 0.748. The average Bonchev–Trinajstić information content (AvgIpc) is 2.64. The molecule has 0 amide bonds. The summed E-state index contributed by atoms with van der Waals surface area (Å²) in [5.41, 5.74) is 2.56. The van der Waals surface area contributed by atoms with Crippen molar-refractivity contribution in [1.82, 2.24) is 0 Å². The molecule has 3 rings (SSSR count). The van der Waals surface area contributed by atoms with Crippen molar-refractivity contribution in [1.29, 1.82) is 0 Å². The predicted octanol–water partition coefficient (Wildman–Crippen LogP) is 1.91. The third kappa shape index (κ3) is 5.26. The van der Waals surface area contributed by atoms with Crippen molar-refractivity contribution >= 4 is 18.3 Å². The summed E-state index contributed by atoms with van der Waals surface area (Å²) in [7, 11) is 0. The zero-order chi connectivity index (χ0) is 16.6. The normalized spacial score (nSPS) is 17.0. The van der Waals surface area contributed by atoms with E-state index in [2.05, 4.69) is 47.4 Å². The first-order valence-electron chi connectivity index (χ1n) is 8.74. The van der Waals surface area contributed by atoms with Gasteiger partial charge in [-0.15, -0.1) is 0 Å². The highest BCUT2D eigenvalue weighted by atomic mass is 32.1. The van der Waals surface area contributed by atoms with E-state index in [1.54, 1.807) is 4.90 Å². The molecule has 3 nitrogen and oxygen atoms in total. The highest BCUT2D eigenvalue weighted by Crippen LogP contribution is 2.12. The SMILES string of the molecule is S[C@H](COCc1ccccc1)C[NH+]1CCN(c2ccccc2)CC1. The molecular weight excluding hydrogens is 316 g/mol. The Morgan fingerprint density at radius 1 is 0.958 bits per heavy atom. The van der Waals surface area contributed by atoms with Gasteiger partial charge in [-0.1, -0.05) is 48.5 Å². The zero-order valence-corrected chi connectivity index (χ0v) is 15.0. The molecule has 1 fully saturated rings. The molecule has 0 spiro atoms. The van der Waals surface area contributed by atoms with Gasteiger partial charge in [-0.25, -0.2) is 0 Å². The first kappa shape index (κ1) is 17.3. The Hall–Kier alpha value is -1.49. The number of para-hydroxylation sites is 1. The molecule has 1 aliphatic rings. The Morgan fingerprint density at radius 2 is 1.58 bits per heavy atom. The lowest BCUT2D eigenvalue weighted by atomic mass is 10.2. The van der Waals surface area contributed by atoms with Gasteiger partial charge in [0.1, 0.15) is 0 Å². The molecule has 2 aromatic carbocycles. The molecule has 1 aliphatic heterocycles. The van der Waals surface area contributed by atoms with Gasteiger partial charge in [0, 0.05) is 5.69 Å². The molecule has 0 bridgehead atoms. The summed E-state index contributed by atoms with van der Waals surface area (Å²) in [5.74, 6) is 0. The smallest absolute Gasteiger partial charge is 0.0949 e. The fraction of sp³-hybridized carbons (Fsp3) is 0.400. The Labute approximate surface area is 150 Å². The standard InChI is InChI=1S/C20H26N2OS/c24-20(17-23-16-18-7-3-1-4-8-18)15-21-11-13-22(14-12-21)19-9-5-2-6-10-19/h1-10,20,24H,11-17H2/p+1/t20-/m0/s1. The van der Waals surface area contributed by atoms with Gasteiger partial charge in [-0.3, -0.25) is 0 Å². The van der Waals surface area contributed by atoms with Crippen molar-refractivity contribution in [3.05, 3.63) is 66.2 Å². The van der Waals surface area contributed by atoms with Crippen molar-refractivity contribution in [3.8, 4) is 0 Å². The van der Waals surface area contributed by atoms with E-state index in [9.17, 15) is 0 Å². The van der Waals surface area contributed by atoms with Crippen LogP contribution in [-0.4, -0.2) is 44.6 Å². The minimum absolute atomic E-state index is 0.298. The third-order valence-corrected chi connectivity index (χ3v) is 4.87. The molecule has 128 valence electrons. The van der Waals surface area contributed by atoms with E-state index >= 15 is 0 Å². The maximum atomic E-state index is 5.81. The molecule has 1 N–H and O–H groups in total. The molecule has 24 heavy (non-hydrogen) atoms. The van der Waals surface area contributed by atoms with Gasteiger partial charge in [0.15, 0.2) is 0 Å². The first-order valence-corrected chi connectivity index (χ1v) is 9.26. The van der Waals surface area contributed by atoms with Crippen molar-refractivity contribution in [3.63, 3.8) is 0 Å². The maximum Gasteiger partial charge on any atom is 0.0949 e. The summed E-state index contributed by atoms with van der Waals surface area (Å²) in [5, 5.41) is 0.298. The number of ether oxygens (including phenoxy) is 1. The summed E-state index contributed by atoms with van der Waals surface area (Å²) in [6.45, 7) is 7.03. The van der Waals surface area contributed by atoms with Crippen LogP contribution in [0.15, 0.2) is 60.7 Å². The Bertz CT molecular complexity index is 585. The van der Waals surface area contributed by atoms with Crippen LogP contribution in [0.5, 0.6) is 0 Å². The molecule has 0 aliphatic carbocycles. The lowest BCUT2D eigenvalue weighted by molar-refractivity contribution is -0.900. The van der Waals surface area contributed by atoms with Crippen molar-refractivity contribution in [2.45, 2.75) is 11.9 Å². The van der Waals surface area contributed by atoms with Crippen LogP contribution in [0, 0.1) is 0 Å². The van der Waals surface area contributed by atoms with Gasteiger partial charge in [0.2, 0.25) is 0 Å². The molecule has 0 saturated carbocycles. The van der Waals surface area contributed by atoms with Crippen molar-refractivity contribution in [2.24, 2.45) is 0 Å². The molecular formula is C20H27N2OS+. The first-order chi connectivity index (χ1) is 11.8. The van der Waals surface area contributed by atoms with Gasteiger partial charge in [0.25, 0.3) is 0 Å². The number of nitrogens with one attached hydrogen (secondary N) is 1. The summed E-state index contributed by atoms with van der Waals surface area (Å²) in [4.78, 5) is 4.11. The van der Waals surface area contributed by atoms with Crippen LogP contribution in [0.2, 0.25) is 0 Å². The van der Waals surface area contributed by atoms with Crippen LogP contribution in [0.3, 0.4) is 0 Å². The van der Waals surface area contributed by atoms with E-state index in [-0.39, 0.29) is 0 Å². The second-order valence-electron chi connectivity index (χ2n) is 6.43. The fourth-order valence-corrected chi connectivity index (χ4v) is 3.57. The van der Waals surface area contributed by atoms with Gasteiger partial charge in [-0.05, 0) is 17.7 Å². The molecule has 0 unspecified atom stereocenters. The molecule has 0 radical (unpaired) electrons. The maximum absolute atomic E-state index is 5.81. The number of nitrogens with zero attached hydrogens (tertiary/aromatic N) is 1. The second kappa shape index (κ2) is 9.11. The largest absolute Gasteiger partial charge is 0.375 e. The number of anilines is 1. The number of hydrogen-bond donors (Lipinski definition) is 2. The van der Waals surface area contributed by atoms with Gasteiger partial charge >= 0.3 is 0 Å². The number of quaternary nitrogens is 1. The van der Waals surface area contributed by atoms with Gasteiger partial charge in [0.05, 0.1) is 51.2 Å². The number of hydrogen-bond acceptors (Lipinski definition) is 3. The van der Waals surface area contributed by atoms with Gasteiger partial charge in [-0.2, -0.15) is 12.6 Å². The lowest BCUT2D eigenvalue weighted by Gasteiger charge is -2.34. The predicted molar refractivity (Wildman–Crippen MR) is 103 cm³/mol. The minimum Gasteiger partial charge on any atom is -0.375 e. The van der Waals surface area contributed by atoms with Crippen molar-refractivity contribution in [2.75, 3.05) is 44.2 Å². The number of piperazine rings is 1. The summed E-state index contributed by atoms with van der Waals surface area (Å²) in [6, 6.07) is 21.0. The molecule has 0 aromatic heterocycles. The monoisotopic (exact) mass is 343 g/mol. The minimum atomic E-state index is 0.298. The third-order valence-electron chi connectivity index (χ3n) is 4.54. The van der Waals surface area contributed by atoms with Crippen molar-refractivity contribution < 1.29 is 9.64 Å². The molecule has 2 aromatic rings. The molecule has 1 saturated heterocycles. The van der Waals surface area contributed by atoms with E-state index in [4.69, 9.17) is 17.4 Å². The van der Waals surface area contributed by atoms with E-state index in [0.29, 0.717) is 18.5 Å². The summed E-state index contributed by atoms with van der Waals surface area (Å²) < 4.78 is 5.81. The van der Waals surface area contributed by atoms with Crippen LogP contribution in [0.4, 0.5) is 5.69 Å². The van der Waals surface area contributed by atoms with Crippen LogP contribution < -0.4 is 9.80 Å². The molecule has 1 heterocycles. The van der Waals surface area contributed by atoms with E-state index in [0.717, 1.165) is 19.6 Å². The summed E-state index contributed by atoms with van der Waals surface area (Å²) >= 11 is 4.72. The summed E-state index contributed by atoms with van der Waals surface area (Å²) in [6.07, 6.45) is 0. The van der Waals surface area contributed by atoms with Crippen LogP contribution in [-0.2, 0) is 11.3 Å². The van der Waals surface area contributed by atoms with Gasteiger partial charge < -0.3 is 14.5 Å². The average molecular weight is 344 g/mol. The number of thiol groups is 1. The lowest BCUT2D eigenvalue weighted by Crippen LogP contribution is -3.15. The number of rotatable bonds is 7. The zero-order valence-electron chi connectivity index (χ0n) is 14.1.